The van der Waals surface area contributed by atoms with Gasteiger partial charge in [-0.05, 0) is 79.9 Å². The Balaban J connectivity index is 1.51. The maximum absolute atomic E-state index is 13.2. The van der Waals surface area contributed by atoms with Gasteiger partial charge in [0.15, 0.2) is 0 Å². The molecular formula is C28H30N4O3S. The van der Waals surface area contributed by atoms with Gasteiger partial charge in [0.1, 0.15) is 5.92 Å². The molecule has 2 aliphatic heterocycles. The van der Waals surface area contributed by atoms with Gasteiger partial charge in [0.05, 0.1) is 17.2 Å². The van der Waals surface area contributed by atoms with E-state index < -0.39 is 15.9 Å². The quantitative estimate of drug-likeness (QED) is 0.429. The normalized spacial score (nSPS) is 18.2. The molecule has 0 aromatic heterocycles. The number of anilines is 2. The number of nitrogens with one attached hydrogen (secondary N) is 2. The van der Waals surface area contributed by atoms with E-state index in [-0.39, 0.29) is 11.7 Å². The highest BCUT2D eigenvalue weighted by Crippen LogP contribution is 2.38. The number of aliphatic imine (C=N–C) groups is 1. The summed E-state index contributed by atoms with van der Waals surface area (Å²) in [6, 6.07) is 22.9. The van der Waals surface area contributed by atoms with Gasteiger partial charge < -0.3 is 5.32 Å². The molecule has 1 fully saturated rings. The van der Waals surface area contributed by atoms with Gasteiger partial charge >= 0.3 is 0 Å². The van der Waals surface area contributed by atoms with E-state index in [9.17, 15) is 13.2 Å². The van der Waals surface area contributed by atoms with Crippen LogP contribution in [0, 0.1) is 0 Å². The number of sulfonamides is 1. The molecule has 0 spiro atoms. The minimum Gasteiger partial charge on any atom is -0.325 e. The molecule has 3 aromatic rings. The molecule has 0 aliphatic carbocycles. The number of fused-ring (bicyclic) bond motifs is 1. The summed E-state index contributed by atoms with van der Waals surface area (Å²) in [5.74, 6) is -0.888. The van der Waals surface area contributed by atoms with Crippen molar-refractivity contribution in [3.05, 3.63) is 89.5 Å². The van der Waals surface area contributed by atoms with Gasteiger partial charge in [0.25, 0.3) is 0 Å². The van der Waals surface area contributed by atoms with Crippen molar-refractivity contribution in [2.24, 2.45) is 4.99 Å². The third-order valence-electron chi connectivity index (χ3n) is 6.67. The Morgan fingerprint density at radius 2 is 1.75 bits per heavy atom. The Labute approximate surface area is 212 Å². The number of carbonyl (C=O) groups excluding carboxylic acids is 1. The lowest BCUT2D eigenvalue weighted by atomic mass is 9.90. The molecule has 1 atom stereocenters. The van der Waals surface area contributed by atoms with Crippen LogP contribution in [0.2, 0.25) is 0 Å². The van der Waals surface area contributed by atoms with Crippen molar-refractivity contribution in [3.8, 4) is 0 Å². The van der Waals surface area contributed by atoms with Crippen molar-refractivity contribution in [1.29, 1.82) is 0 Å². The molecular weight excluding hydrogens is 472 g/mol. The average Bonchev–Trinajstić information content (AvgIpc) is 3.51. The molecule has 2 heterocycles. The first-order chi connectivity index (χ1) is 17.4. The third-order valence-corrected chi connectivity index (χ3v) is 7.98. The Bertz CT molecular complexity index is 1380. The molecule has 1 unspecified atom stereocenters. The predicted octanol–water partition coefficient (Wildman–Crippen LogP) is 4.90. The fraction of sp³-hybridized carbons (Fsp3) is 0.286. The van der Waals surface area contributed by atoms with Crippen LogP contribution in [0.4, 0.5) is 17.1 Å². The van der Waals surface area contributed by atoms with E-state index in [0.29, 0.717) is 22.6 Å². The van der Waals surface area contributed by atoms with Crippen LogP contribution in [0.1, 0.15) is 42.4 Å². The Morgan fingerprint density at radius 1 is 1.03 bits per heavy atom. The summed E-state index contributed by atoms with van der Waals surface area (Å²) >= 11 is 0. The predicted molar refractivity (Wildman–Crippen MR) is 144 cm³/mol. The maximum Gasteiger partial charge on any atom is 0.238 e. The first-order valence-corrected chi connectivity index (χ1v) is 14.0. The molecule has 0 bridgehead atoms. The summed E-state index contributed by atoms with van der Waals surface area (Å²) in [4.78, 5) is 20.6. The summed E-state index contributed by atoms with van der Waals surface area (Å²) in [7, 11) is -3.44. The lowest BCUT2D eigenvalue weighted by Gasteiger charge is -2.16. The van der Waals surface area contributed by atoms with Crippen LogP contribution in [0.5, 0.6) is 0 Å². The second-order valence-electron chi connectivity index (χ2n) is 9.24. The fourth-order valence-corrected chi connectivity index (χ4v) is 5.40. The van der Waals surface area contributed by atoms with Crippen LogP contribution in [-0.2, 0) is 21.4 Å². The number of carbonyl (C=O) groups is 1. The van der Waals surface area contributed by atoms with Crippen molar-refractivity contribution >= 4 is 38.7 Å². The summed E-state index contributed by atoms with van der Waals surface area (Å²) in [6.07, 6.45) is 2.52. The van der Waals surface area contributed by atoms with Crippen LogP contribution in [0.3, 0.4) is 0 Å². The number of likely N-dealkylation sites (tertiary alicyclic amines) is 1. The number of rotatable bonds is 8. The Morgan fingerprint density at radius 3 is 2.44 bits per heavy atom. The van der Waals surface area contributed by atoms with Gasteiger partial charge in [0.2, 0.25) is 15.9 Å². The maximum atomic E-state index is 13.2. The SMILES string of the molecule is CCS(=O)(=O)Nc1ccc2c(c1)C(C(=Nc1ccc(CN3CCCC3)cc1)c1ccccc1)C(=O)N2. The summed E-state index contributed by atoms with van der Waals surface area (Å²) in [6.45, 7) is 4.81. The zero-order chi connectivity index (χ0) is 25.1. The lowest BCUT2D eigenvalue weighted by molar-refractivity contribution is -0.115. The lowest BCUT2D eigenvalue weighted by Crippen LogP contribution is -2.22. The van der Waals surface area contributed by atoms with E-state index in [1.807, 2.05) is 42.5 Å². The average molecular weight is 503 g/mol. The van der Waals surface area contributed by atoms with Crippen molar-refractivity contribution in [2.75, 3.05) is 28.9 Å². The van der Waals surface area contributed by atoms with Crippen molar-refractivity contribution in [3.63, 3.8) is 0 Å². The molecule has 0 radical (unpaired) electrons. The fourth-order valence-electron chi connectivity index (χ4n) is 4.77. The monoisotopic (exact) mass is 502 g/mol. The number of nitrogens with zero attached hydrogens (tertiary/aromatic N) is 2. The second kappa shape index (κ2) is 10.2. The van der Waals surface area contributed by atoms with Crippen molar-refractivity contribution < 1.29 is 13.2 Å². The number of amides is 1. The minimum absolute atomic E-state index is 0.0326. The Hall–Kier alpha value is -3.49. The smallest absolute Gasteiger partial charge is 0.238 e. The molecule has 2 aliphatic rings. The molecule has 1 amide bonds. The summed E-state index contributed by atoms with van der Waals surface area (Å²) < 4.78 is 26.8. The van der Waals surface area contributed by atoms with Gasteiger partial charge in [-0.25, -0.2) is 8.42 Å². The van der Waals surface area contributed by atoms with Gasteiger partial charge in [-0.2, -0.15) is 0 Å². The van der Waals surface area contributed by atoms with Crippen molar-refractivity contribution in [2.45, 2.75) is 32.2 Å². The summed E-state index contributed by atoms with van der Waals surface area (Å²) in [5.41, 5.74) is 5.26. The summed E-state index contributed by atoms with van der Waals surface area (Å²) in [5, 5.41) is 2.93. The Kier molecular flexibility index (Phi) is 6.89. The van der Waals surface area contributed by atoms with Crippen LogP contribution in [0.25, 0.3) is 0 Å². The number of hydrogen-bond acceptors (Lipinski definition) is 5. The van der Waals surface area contributed by atoms with Gasteiger partial charge in [-0.15, -0.1) is 0 Å². The van der Waals surface area contributed by atoms with Crippen LogP contribution in [0.15, 0.2) is 77.8 Å². The molecule has 2 N–H and O–H groups in total. The van der Waals surface area contributed by atoms with Gasteiger partial charge in [-0.3, -0.25) is 19.4 Å². The molecule has 8 heteroatoms. The van der Waals surface area contributed by atoms with E-state index in [2.05, 4.69) is 27.1 Å². The number of benzene rings is 3. The third kappa shape index (κ3) is 5.34. The molecule has 3 aromatic carbocycles. The highest BCUT2D eigenvalue weighted by Gasteiger charge is 2.35. The molecule has 0 saturated carbocycles. The minimum atomic E-state index is -3.44. The standard InChI is InChI=1S/C28H30N4O3S/c1-2-36(34,35)31-23-14-15-25-24(18-23)26(28(33)30-25)27(21-8-4-3-5-9-21)29-22-12-10-20(11-13-22)19-32-16-6-7-17-32/h3-5,8-15,18,26,31H,2,6-7,16-17,19H2,1H3,(H,30,33). The molecule has 36 heavy (non-hydrogen) atoms. The van der Waals surface area contributed by atoms with Gasteiger partial charge in [0, 0.05) is 17.9 Å². The molecule has 5 rings (SSSR count). The molecule has 186 valence electrons. The highest BCUT2D eigenvalue weighted by molar-refractivity contribution is 7.92. The highest BCUT2D eigenvalue weighted by atomic mass is 32.2. The zero-order valence-corrected chi connectivity index (χ0v) is 21.1. The van der Waals surface area contributed by atoms with Crippen LogP contribution in [-0.4, -0.2) is 43.8 Å². The first-order valence-electron chi connectivity index (χ1n) is 12.3. The topological polar surface area (TPSA) is 90.9 Å². The van der Waals surface area contributed by atoms with E-state index in [1.54, 1.807) is 25.1 Å². The van der Waals surface area contributed by atoms with E-state index in [1.165, 1.54) is 18.4 Å². The first kappa shape index (κ1) is 24.2. The van der Waals surface area contributed by atoms with E-state index >= 15 is 0 Å². The molecule has 7 nitrogen and oxygen atoms in total. The molecule has 1 saturated heterocycles. The second-order valence-corrected chi connectivity index (χ2v) is 11.3. The van der Waals surface area contributed by atoms with Crippen LogP contribution >= 0.6 is 0 Å². The van der Waals surface area contributed by atoms with Crippen LogP contribution < -0.4 is 10.0 Å². The van der Waals surface area contributed by atoms with Crippen molar-refractivity contribution in [1.82, 2.24) is 4.90 Å². The van der Waals surface area contributed by atoms with E-state index in [4.69, 9.17) is 4.99 Å². The van der Waals surface area contributed by atoms with E-state index in [0.717, 1.165) is 30.9 Å². The zero-order valence-electron chi connectivity index (χ0n) is 20.3. The largest absolute Gasteiger partial charge is 0.325 e. The number of hydrogen-bond donors (Lipinski definition) is 2. The van der Waals surface area contributed by atoms with Gasteiger partial charge in [-0.1, -0.05) is 42.5 Å².